The van der Waals surface area contributed by atoms with Crippen LogP contribution in [0, 0.1) is 6.92 Å². The Kier molecular flexibility index (Phi) is 6.00. The van der Waals surface area contributed by atoms with E-state index in [-0.39, 0.29) is 12.5 Å². The molecule has 0 spiro atoms. The SMILES string of the molecule is Cc1nn(Cc2ccc(Cl)cc2)c2sc(C(=O)N(C)CC(=O)OC(C)(C)C)cc12. The summed E-state index contributed by atoms with van der Waals surface area (Å²) in [7, 11) is 1.60. The zero-order chi connectivity index (χ0) is 21.3. The van der Waals surface area contributed by atoms with Gasteiger partial charge in [-0.15, -0.1) is 11.3 Å². The number of carbonyl (C=O) groups is 2. The average Bonchev–Trinajstić information content (AvgIpc) is 3.16. The van der Waals surface area contributed by atoms with Crippen molar-refractivity contribution < 1.29 is 14.3 Å². The zero-order valence-corrected chi connectivity index (χ0v) is 18.7. The highest BCUT2D eigenvalue weighted by Gasteiger charge is 2.23. The summed E-state index contributed by atoms with van der Waals surface area (Å²) in [4.78, 5) is 27.7. The van der Waals surface area contributed by atoms with Gasteiger partial charge in [0.2, 0.25) is 0 Å². The van der Waals surface area contributed by atoms with Crippen molar-refractivity contribution in [1.29, 1.82) is 0 Å². The summed E-state index contributed by atoms with van der Waals surface area (Å²) in [5.41, 5.74) is 1.35. The second-order valence-electron chi connectivity index (χ2n) is 7.95. The molecular formula is C21H24ClN3O3S. The third-order valence-electron chi connectivity index (χ3n) is 4.20. The number of hydrogen-bond acceptors (Lipinski definition) is 5. The van der Waals surface area contributed by atoms with Crippen molar-refractivity contribution in [2.45, 2.75) is 39.8 Å². The van der Waals surface area contributed by atoms with Gasteiger partial charge < -0.3 is 9.64 Å². The molecule has 154 valence electrons. The van der Waals surface area contributed by atoms with E-state index >= 15 is 0 Å². The number of aromatic nitrogens is 2. The number of thiophene rings is 1. The molecule has 0 aliphatic carbocycles. The van der Waals surface area contributed by atoms with Gasteiger partial charge in [0.25, 0.3) is 5.91 Å². The maximum atomic E-state index is 12.8. The molecule has 1 amide bonds. The smallest absolute Gasteiger partial charge is 0.326 e. The largest absolute Gasteiger partial charge is 0.459 e. The molecule has 0 radical (unpaired) electrons. The molecule has 1 aromatic carbocycles. The van der Waals surface area contributed by atoms with Crippen LogP contribution in [0.4, 0.5) is 0 Å². The van der Waals surface area contributed by atoms with Crippen LogP contribution in [0.5, 0.6) is 0 Å². The molecule has 0 saturated heterocycles. The second kappa shape index (κ2) is 8.16. The van der Waals surface area contributed by atoms with Crippen LogP contribution in [0.15, 0.2) is 30.3 Å². The number of nitrogens with zero attached hydrogens (tertiary/aromatic N) is 3. The van der Waals surface area contributed by atoms with Crippen LogP contribution < -0.4 is 0 Å². The number of rotatable bonds is 5. The van der Waals surface area contributed by atoms with Crippen LogP contribution in [0.1, 0.15) is 41.7 Å². The van der Waals surface area contributed by atoms with Crippen molar-refractivity contribution in [3.8, 4) is 0 Å². The standard InChI is InChI=1S/C21H24ClN3O3S/c1-13-16-10-17(19(27)24(5)12-18(26)28-21(2,3)4)29-20(16)25(23-13)11-14-6-8-15(22)9-7-14/h6-10H,11-12H2,1-5H3. The molecule has 29 heavy (non-hydrogen) atoms. The second-order valence-corrected chi connectivity index (χ2v) is 9.41. The minimum atomic E-state index is -0.583. The van der Waals surface area contributed by atoms with Crippen molar-refractivity contribution in [2.75, 3.05) is 13.6 Å². The van der Waals surface area contributed by atoms with Gasteiger partial charge in [-0.05, 0) is 51.5 Å². The molecule has 0 aliphatic rings. The minimum absolute atomic E-state index is 0.0970. The fraction of sp³-hybridized carbons (Fsp3) is 0.381. The summed E-state index contributed by atoms with van der Waals surface area (Å²) in [6.45, 7) is 7.81. The quantitative estimate of drug-likeness (QED) is 0.555. The van der Waals surface area contributed by atoms with Crippen LogP contribution in [-0.4, -0.2) is 45.8 Å². The van der Waals surface area contributed by atoms with E-state index in [1.54, 1.807) is 27.8 Å². The normalized spacial score (nSPS) is 11.7. The first-order valence-electron chi connectivity index (χ1n) is 9.22. The zero-order valence-electron chi connectivity index (χ0n) is 17.2. The molecule has 0 N–H and O–H groups in total. The van der Waals surface area contributed by atoms with Crippen molar-refractivity contribution in [3.05, 3.63) is 51.5 Å². The number of carbonyl (C=O) groups excluding carboxylic acids is 2. The topological polar surface area (TPSA) is 64.4 Å². The lowest BCUT2D eigenvalue weighted by Gasteiger charge is -2.22. The molecule has 0 atom stereocenters. The molecule has 0 saturated carbocycles. The van der Waals surface area contributed by atoms with Gasteiger partial charge in [0.15, 0.2) is 0 Å². The molecule has 2 heterocycles. The van der Waals surface area contributed by atoms with E-state index in [0.29, 0.717) is 16.4 Å². The first-order valence-corrected chi connectivity index (χ1v) is 10.4. The Morgan fingerprint density at radius 1 is 1.24 bits per heavy atom. The number of benzene rings is 1. The van der Waals surface area contributed by atoms with Gasteiger partial charge in [0, 0.05) is 17.5 Å². The predicted octanol–water partition coefficient (Wildman–Crippen LogP) is 4.52. The molecule has 0 aliphatic heterocycles. The minimum Gasteiger partial charge on any atom is -0.459 e. The molecule has 3 aromatic rings. The van der Waals surface area contributed by atoms with Gasteiger partial charge in [0.05, 0.1) is 17.1 Å². The summed E-state index contributed by atoms with van der Waals surface area (Å²) >= 11 is 7.33. The number of aryl methyl sites for hydroxylation is 1. The van der Waals surface area contributed by atoms with Crippen molar-refractivity contribution in [2.24, 2.45) is 0 Å². The molecule has 8 heteroatoms. The number of likely N-dealkylation sites (N-methyl/N-ethyl adjacent to an activating group) is 1. The Balaban J connectivity index is 1.79. The monoisotopic (exact) mass is 433 g/mol. The number of fused-ring (bicyclic) bond motifs is 1. The van der Waals surface area contributed by atoms with E-state index in [2.05, 4.69) is 5.10 Å². The van der Waals surface area contributed by atoms with Gasteiger partial charge in [-0.2, -0.15) is 5.10 Å². The van der Waals surface area contributed by atoms with E-state index in [1.807, 2.05) is 41.9 Å². The fourth-order valence-corrected chi connectivity index (χ4v) is 4.20. The van der Waals surface area contributed by atoms with Gasteiger partial charge in [0.1, 0.15) is 17.0 Å². The van der Waals surface area contributed by atoms with Crippen molar-refractivity contribution in [1.82, 2.24) is 14.7 Å². The Bertz CT molecular complexity index is 1050. The average molecular weight is 434 g/mol. The van der Waals surface area contributed by atoms with E-state index in [1.165, 1.54) is 16.2 Å². The van der Waals surface area contributed by atoms with Crippen molar-refractivity contribution in [3.63, 3.8) is 0 Å². The molecule has 2 aromatic heterocycles. The number of esters is 1. The van der Waals surface area contributed by atoms with Gasteiger partial charge in [-0.1, -0.05) is 23.7 Å². The molecule has 0 fully saturated rings. The number of amides is 1. The number of halogens is 1. The molecule has 3 rings (SSSR count). The molecular weight excluding hydrogens is 410 g/mol. The maximum Gasteiger partial charge on any atom is 0.326 e. The molecule has 0 bridgehead atoms. The lowest BCUT2D eigenvalue weighted by Crippen LogP contribution is -2.35. The first-order chi connectivity index (χ1) is 13.5. The van der Waals surface area contributed by atoms with Gasteiger partial charge >= 0.3 is 5.97 Å². The van der Waals surface area contributed by atoms with Gasteiger partial charge in [-0.3, -0.25) is 14.3 Å². The third kappa shape index (κ3) is 5.16. The van der Waals surface area contributed by atoms with E-state index in [0.717, 1.165) is 21.5 Å². The Morgan fingerprint density at radius 3 is 2.52 bits per heavy atom. The third-order valence-corrected chi connectivity index (χ3v) is 5.59. The van der Waals surface area contributed by atoms with E-state index < -0.39 is 11.6 Å². The number of ether oxygens (including phenoxy) is 1. The highest BCUT2D eigenvalue weighted by atomic mass is 35.5. The fourth-order valence-electron chi connectivity index (χ4n) is 2.92. The summed E-state index contributed by atoms with van der Waals surface area (Å²) in [5, 5.41) is 6.23. The lowest BCUT2D eigenvalue weighted by atomic mass is 10.2. The van der Waals surface area contributed by atoms with Crippen LogP contribution in [0.2, 0.25) is 5.02 Å². The van der Waals surface area contributed by atoms with Crippen LogP contribution >= 0.6 is 22.9 Å². The first kappa shape index (κ1) is 21.3. The lowest BCUT2D eigenvalue weighted by molar-refractivity contribution is -0.155. The predicted molar refractivity (Wildman–Crippen MR) is 116 cm³/mol. The Hall–Kier alpha value is -2.38. The summed E-state index contributed by atoms with van der Waals surface area (Å²) < 4.78 is 7.19. The van der Waals surface area contributed by atoms with Crippen molar-refractivity contribution >= 4 is 45.0 Å². The Labute approximate surface area is 179 Å². The van der Waals surface area contributed by atoms with Gasteiger partial charge in [-0.25, -0.2) is 0 Å². The number of hydrogen-bond donors (Lipinski definition) is 0. The molecule has 0 unspecified atom stereocenters. The van der Waals surface area contributed by atoms with Crippen LogP contribution in [-0.2, 0) is 16.1 Å². The summed E-state index contributed by atoms with van der Waals surface area (Å²) in [6.07, 6.45) is 0. The highest BCUT2D eigenvalue weighted by Crippen LogP contribution is 2.29. The molecule has 6 nitrogen and oxygen atoms in total. The van der Waals surface area contributed by atoms with Crippen LogP contribution in [0.3, 0.4) is 0 Å². The highest BCUT2D eigenvalue weighted by molar-refractivity contribution is 7.20. The maximum absolute atomic E-state index is 12.8. The Morgan fingerprint density at radius 2 is 1.90 bits per heavy atom. The van der Waals surface area contributed by atoms with Crippen LogP contribution in [0.25, 0.3) is 10.2 Å². The van der Waals surface area contributed by atoms with E-state index in [4.69, 9.17) is 16.3 Å². The summed E-state index contributed by atoms with van der Waals surface area (Å²) in [6, 6.07) is 9.45. The summed E-state index contributed by atoms with van der Waals surface area (Å²) in [5.74, 6) is -0.644. The van der Waals surface area contributed by atoms with E-state index in [9.17, 15) is 9.59 Å².